The second-order valence-corrected chi connectivity index (χ2v) is 7.90. The van der Waals surface area contributed by atoms with Crippen LogP contribution in [0, 0.1) is 5.82 Å². The molecule has 8 heteroatoms. The fraction of sp³-hybridized carbons (Fsp3) is 0.0500. The van der Waals surface area contributed by atoms with Gasteiger partial charge in [0, 0.05) is 11.3 Å². The van der Waals surface area contributed by atoms with E-state index in [9.17, 15) is 17.6 Å². The molecule has 3 aromatic carbocycles. The molecule has 3 rings (SSSR count). The van der Waals surface area contributed by atoms with Gasteiger partial charge in [0.2, 0.25) is 0 Å². The van der Waals surface area contributed by atoms with Crippen molar-refractivity contribution in [2.24, 2.45) is 0 Å². The number of halogens is 2. The summed E-state index contributed by atoms with van der Waals surface area (Å²) in [5.74, 6) is -1.14. The summed E-state index contributed by atoms with van der Waals surface area (Å²) in [5, 5.41) is 0.154. The van der Waals surface area contributed by atoms with Gasteiger partial charge in [-0.3, -0.25) is 4.72 Å². The summed E-state index contributed by atoms with van der Waals surface area (Å²) in [4.78, 5) is 12.2. The number of para-hydroxylation sites is 1. The van der Waals surface area contributed by atoms with E-state index in [-0.39, 0.29) is 22.1 Å². The number of rotatable bonds is 6. The van der Waals surface area contributed by atoms with Crippen molar-refractivity contribution in [2.75, 3.05) is 4.72 Å². The van der Waals surface area contributed by atoms with Crippen LogP contribution in [-0.4, -0.2) is 14.4 Å². The first kappa shape index (κ1) is 19.9. The Labute approximate surface area is 166 Å². The number of nitrogens with one attached hydrogen (secondary N) is 1. The summed E-state index contributed by atoms with van der Waals surface area (Å²) in [6.45, 7) is -0.131. The third-order valence-corrected chi connectivity index (χ3v) is 5.55. The highest BCUT2D eigenvalue weighted by molar-refractivity contribution is 7.92. The van der Waals surface area contributed by atoms with Crippen molar-refractivity contribution in [3.63, 3.8) is 0 Å². The minimum absolute atomic E-state index is 0.00878. The average molecular weight is 420 g/mol. The number of anilines is 1. The van der Waals surface area contributed by atoms with E-state index >= 15 is 0 Å². The first-order chi connectivity index (χ1) is 13.3. The van der Waals surface area contributed by atoms with Gasteiger partial charge >= 0.3 is 5.97 Å². The molecule has 0 spiro atoms. The molecule has 28 heavy (non-hydrogen) atoms. The number of benzene rings is 3. The molecule has 0 atom stereocenters. The van der Waals surface area contributed by atoms with Gasteiger partial charge in [-0.1, -0.05) is 35.9 Å². The number of esters is 1. The van der Waals surface area contributed by atoms with Crippen molar-refractivity contribution in [3.05, 3.63) is 94.8 Å². The van der Waals surface area contributed by atoms with Crippen LogP contribution >= 0.6 is 11.6 Å². The summed E-state index contributed by atoms with van der Waals surface area (Å²) in [6.07, 6.45) is 0. The van der Waals surface area contributed by atoms with Crippen molar-refractivity contribution in [1.82, 2.24) is 0 Å². The molecule has 0 saturated carbocycles. The summed E-state index contributed by atoms with van der Waals surface area (Å²) >= 11 is 5.89. The Bertz CT molecular complexity index is 1090. The van der Waals surface area contributed by atoms with Crippen molar-refractivity contribution in [2.45, 2.75) is 11.5 Å². The van der Waals surface area contributed by atoms with Gasteiger partial charge in [-0.15, -0.1) is 0 Å². The van der Waals surface area contributed by atoms with E-state index in [4.69, 9.17) is 16.3 Å². The maximum atomic E-state index is 13.0. The second kappa shape index (κ2) is 8.41. The van der Waals surface area contributed by atoms with E-state index in [1.54, 1.807) is 30.3 Å². The van der Waals surface area contributed by atoms with Crippen LogP contribution < -0.4 is 4.72 Å². The summed E-state index contributed by atoms with van der Waals surface area (Å²) in [7, 11) is -3.78. The lowest BCUT2D eigenvalue weighted by Gasteiger charge is -2.09. The maximum absolute atomic E-state index is 13.0. The molecular formula is C20H15ClFNO4S. The predicted octanol–water partition coefficient (Wildman–Crippen LogP) is 4.64. The normalized spacial score (nSPS) is 11.1. The highest BCUT2D eigenvalue weighted by Crippen LogP contribution is 2.20. The van der Waals surface area contributed by atoms with Crippen LogP contribution in [0.4, 0.5) is 10.1 Å². The van der Waals surface area contributed by atoms with E-state index in [0.29, 0.717) is 11.3 Å². The van der Waals surface area contributed by atoms with Crippen molar-refractivity contribution in [1.29, 1.82) is 0 Å². The molecule has 5 nitrogen and oxygen atoms in total. The van der Waals surface area contributed by atoms with Crippen LogP contribution in [0.5, 0.6) is 0 Å². The molecule has 0 aliphatic rings. The first-order valence-electron chi connectivity index (χ1n) is 8.14. The van der Waals surface area contributed by atoms with Gasteiger partial charge in [-0.25, -0.2) is 17.6 Å². The molecule has 0 amide bonds. The molecule has 0 aliphatic carbocycles. The number of sulfonamides is 1. The van der Waals surface area contributed by atoms with Crippen molar-refractivity contribution >= 4 is 33.3 Å². The average Bonchev–Trinajstić information content (AvgIpc) is 2.67. The number of carbonyl (C=O) groups is 1. The molecule has 0 aliphatic heterocycles. The van der Waals surface area contributed by atoms with E-state index in [1.165, 1.54) is 36.4 Å². The highest BCUT2D eigenvalue weighted by atomic mass is 35.5. The lowest BCUT2D eigenvalue weighted by molar-refractivity contribution is 0.0472. The molecule has 0 saturated heterocycles. The molecule has 0 radical (unpaired) electrons. The summed E-state index contributed by atoms with van der Waals surface area (Å²) < 4.78 is 45.4. The van der Waals surface area contributed by atoms with Gasteiger partial charge < -0.3 is 4.74 Å². The van der Waals surface area contributed by atoms with Gasteiger partial charge in [0.05, 0.1) is 15.5 Å². The van der Waals surface area contributed by atoms with Gasteiger partial charge in [-0.2, -0.15) is 0 Å². The molecule has 0 bridgehead atoms. The number of ether oxygens (including phenoxy) is 1. The largest absolute Gasteiger partial charge is 0.457 e. The zero-order valence-electron chi connectivity index (χ0n) is 14.4. The lowest BCUT2D eigenvalue weighted by atomic mass is 10.2. The van der Waals surface area contributed by atoms with E-state index in [1.807, 2.05) is 0 Å². The van der Waals surface area contributed by atoms with Gasteiger partial charge in [-0.05, 0) is 48.5 Å². The molecular weight excluding hydrogens is 405 g/mol. The van der Waals surface area contributed by atoms with Gasteiger partial charge in [0.25, 0.3) is 10.0 Å². The quantitative estimate of drug-likeness (QED) is 0.591. The van der Waals surface area contributed by atoms with Crippen molar-refractivity contribution < 1.29 is 22.3 Å². The molecule has 0 aromatic heterocycles. The second-order valence-electron chi connectivity index (χ2n) is 5.81. The Morgan fingerprint density at radius 3 is 2.32 bits per heavy atom. The minimum Gasteiger partial charge on any atom is -0.457 e. The van der Waals surface area contributed by atoms with E-state index in [0.717, 1.165) is 6.07 Å². The Morgan fingerprint density at radius 1 is 1.00 bits per heavy atom. The zero-order valence-corrected chi connectivity index (χ0v) is 16.0. The topological polar surface area (TPSA) is 72.5 Å². The Balaban J connectivity index is 1.67. The van der Waals surface area contributed by atoms with Crippen LogP contribution in [0.25, 0.3) is 0 Å². The molecule has 0 unspecified atom stereocenters. The van der Waals surface area contributed by atoms with Crippen LogP contribution in [0.1, 0.15) is 15.9 Å². The fourth-order valence-electron chi connectivity index (χ4n) is 2.36. The summed E-state index contributed by atoms with van der Waals surface area (Å²) in [6, 6.07) is 17.6. The maximum Gasteiger partial charge on any atom is 0.338 e. The number of hydrogen-bond donors (Lipinski definition) is 1. The minimum atomic E-state index is -3.78. The number of hydrogen-bond acceptors (Lipinski definition) is 4. The van der Waals surface area contributed by atoms with Gasteiger partial charge in [0.1, 0.15) is 12.4 Å². The zero-order chi connectivity index (χ0) is 20.1. The molecule has 144 valence electrons. The monoisotopic (exact) mass is 419 g/mol. The van der Waals surface area contributed by atoms with Crippen LogP contribution in [-0.2, 0) is 21.4 Å². The Kier molecular flexibility index (Phi) is 5.96. The third kappa shape index (κ3) is 4.88. The van der Waals surface area contributed by atoms with E-state index < -0.39 is 21.8 Å². The SMILES string of the molecule is O=C(OCc1ccc(F)cc1Cl)c1ccc(S(=O)(=O)Nc2ccccc2)cc1. The highest BCUT2D eigenvalue weighted by Gasteiger charge is 2.16. The van der Waals surface area contributed by atoms with Crippen molar-refractivity contribution in [3.8, 4) is 0 Å². The van der Waals surface area contributed by atoms with Crippen LogP contribution in [0.2, 0.25) is 5.02 Å². The lowest BCUT2D eigenvalue weighted by Crippen LogP contribution is -2.13. The Morgan fingerprint density at radius 2 is 1.68 bits per heavy atom. The predicted molar refractivity (Wildman–Crippen MR) is 104 cm³/mol. The smallest absolute Gasteiger partial charge is 0.338 e. The first-order valence-corrected chi connectivity index (χ1v) is 10.0. The molecule has 0 fully saturated rings. The Hall–Kier alpha value is -2.90. The standard InChI is InChI=1S/C20H15ClFNO4S/c21-19-12-16(22)9-6-15(19)13-27-20(24)14-7-10-18(11-8-14)28(25,26)23-17-4-2-1-3-5-17/h1-12,23H,13H2. The van der Waals surface area contributed by atoms with Gasteiger partial charge in [0.15, 0.2) is 0 Å². The molecule has 0 heterocycles. The van der Waals surface area contributed by atoms with Crippen LogP contribution in [0.3, 0.4) is 0 Å². The van der Waals surface area contributed by atoms with Crippen LogP contribution in [0.15, 0.2) is 77.7 Å². The molecule has 3 aromatic rings. The fourth-order valence-corrected chi connectivity index (χ4v) is 3.64. The third-order valence-electron chi connectivity index (χ3n) is 3.80. The summed E-state index contributed by atoms with van der Waals surface area (Å²) in [5.41, 5.74) is 1.07. The molecule has 1 N–H and O–H groups in total. The number of carbonyl (C=O) groups excluding carboxylic acids is 1. The van der Waals surface area contributed by atoms with E-state index in [2.05, 4.69) is 4.72 Å².